The van der Waals surface area contributed by atoms with Gasteiger partial charge in [-0.15, -0.1) is 0 Å². The van der Waals surface area contributed by atoms with E-state index in [-0.39, 0.29) is 47.7 Å². The summed E-state index contributed by atoms with van der Waals surface area (Å²) in [6.45, 7) is 5.59. The molecule has 7 atom stereocenters. The van der Waals surface area contributed by atoms with Gasteiger partial charge in [0.25, 0.3) is 0 Å². The van der Waals surface area contributed by atoms with Gasteiger partial charge in [0.2, 0.25) is 0 Å². The molecule has 0 aromatic rings. The Morgan fingerprint density at radius 1 is 1.27 bits per heavy atom. The average Bonchev–Trinajstić information content (AvgIpc) is 3.30. The fraction of sp³-hybridized carbons (Fsp3) is 0.783. The number of unbranched alkanes of at least 4 members (excludes halogenated alkanes) is 3. The number of β-amino-alcohol motifs (C(OH)–C–C–N with tert-alkyl or cyclic N) is 1. The molecule has 2 fully saturated rings. The molecule has 1 aliphatic heterocycles. The van der Waals surface area contributed by atoms with E-state index in [1.807, 2.05) is 18.6 Å². The summed E-state index contributed by atoms with van der Waals surface area (Å²) < 4.78 is 1.84. The zero-order valence-corrected chi connectivity index (χ0v) is 20.0. The summed E-state index contributed by atoms with van der Waals surface area (Å²) in [6, 6.07) is -0.371. The molecule has 1 saturated heterocycles. The second kappa shape index (κ2) is 11.1. The lowest BCUT2D eigenvalue weighted by atomic mass is 9.86. The van der Waals surface area contributed by atoms with E-state index in [1.165, 1.54) is 0 Å². The number of allylic oxidation sites excluding steroid dienone is 2. The summed E-state index contributed by atoms with van der Waals surface area (Å²) in [5.41, 5.74) is -0.548. The zero-order chi connectivity index (χ0) is 22.5. The van der Waals surface area contributed by atoms with Crippen molar-refractivity contribution in [1.29, 1.82) is 0 Å². The molecule has 0 amide bonds. The first-order valence-electron chi connectivity index (χ1n) is 11.2. The summed E-state index contributed by atoms with van der Waals surface area (Å²) >= 11 is 0. The number of aliphatic hydroxyl groups excluding tert-OH is 1. The van der Waals surface area contributed by atoms with Gasteiger partial charge >= 0.3 is 0 Å². The summed E-state index contributed by atoms with van der Waals surface area (Å²) in [6.07, 6.45) is 9.74. The van der Waals surface area contributed by atoms with Crippen LogP contribution < -0.4 is 5.32 Å². The molecule has 0 aromatic carbocycles. The molecule has 2 unspecified atom stereocenters. The normalized spacial score (nSPS) is 32.5. The van der Waals surface area contributed by atoms with Crippen molar-refractivity contribution in [2.45, 2.75) is 83.9 Å². The van der Waals surface area contributed by atoms with Crippen molar-refractivity contribution < 1.29 is 19.5 Å². The van der Waals surface area contributed by atoms with Gasteiger partial charge in [-0.3, -0.25) is 19.1 Å². The van der Waals surface area contributed by atoms with Crippen LogP contribution in [0.4, 0.5) is 0 Å². The lowest BCUT2D eigenvalue weighted by Crippen LogP contribution is -2.36. The monoisotopic (exact) mass is 438 g/mol. The number of nitrogens with one attached hydrogen (secondary N) is 1. The molecule has 1 heterocycles. The van der Waals surface area contributed by atoms with Gasteiger partial charge in [-0.2, -0.15) is 0 Å². The standard InChI is InChI=1S/C23H39N2O4P/c1-15-21(29)14-25(30)22(15)20(28)13-23(17(3)27)12-18(23)10-8-6-5-7-9-11-19(24-4)16(2)26/h8,10,15,18-19,21-22,24,29H,5-7,9,11-14,30H2,1-4H3/b10-8-/t15?,18-,19+,21+,22+,23+/m1/s1. The molecule has 1 saturated carbocycles. The van der Waals surface area contributed by atoms with Gasteiger partial charge < -0.3 is 10.4 Å². The van der Waals surface area contributed by atoms with Crippen molar-refractivity contribution >= 4 is 26.7 Å². The topological polar surface area (TPSA) is 86.7 Å². The second-order valence-corrected chi connectivity index (χ2v) is 9.92. The Morgan fingerprint density at radius 2 is 1.97 bits per heavy atom. The largest absolute Gasteiger partial charge is 0.391 e. The van der Waals surface area contributed by atoms with Crippen LogP contribution in [0.3, 0.4) is 0 Å². The predicted molar refractivity (Wildman–Crippen MR) is 122 cm³/mol. The Labute approximate surface area is 183 Å². The number of carbonyl (C=O) groups excluding carboxylic acids is 3. The summed E-state index contributed by atoms with van der Waals surface area (Å²) in [5, 5.41) is 13.1. The van der Waals surface area contributed by atoms with Gasteiger partial charge in [0.05, 0.1) is 18.2 Å². The van der Waals surface area contributed by atoms with Gasteiger partial charge in [-0.25, -0.2) is 0 Å². The molecule has 1 aliphatic carbocycles. The maximum absolute atomic E-state index is 12.9. The van der Waals surface area contributed by atoms with Crippen LogP contribution >= 0.6 is 9.39 Å². The minimum Gasteiger partial charge on any atom is -0.391 e. The molecule has 2 rings (SSSR count). The van der Waals surface area contributed by atoms with E-state index in [9.17, 15) is 19.5 Å². The Kier molecular flexibility index (Phi) is 9.35. The summed E-state index contributed by atoms with van der Waals surface area (Å²) in [5.74, 6) is 0.369. The Balaban J connectivity index is 1.77. The Hall–Kier alpha value is -0.940. The SMILES string of the molecule is CN[C@@H](CCCCC/C=C\[C@@H]1C[C@]1(CC(=O)[C@@H]1C(C)[C@@H](O)CN1P)C(C)=O)C(C)=O. The number of hydrogen-bond acceptors (Lipinski definition) is 6. The van der Waals surface area contributed by atoms with Crippen molar-refractivity contribution in [1.82, 2.24) is 9.99 Å². The third-order valence-electron chi connectivity index (χ3n) is 7.09. The fourth-order valence-corrected chi connectivity index (χ4v) is 5.47. The van der Waals surface area contributed by atoms with Gasteiger partial charge in [0.15, 0.2) is 5.78 Å². The molecule has 0 radical (unpaired) electrons. The molecule has 0 bridgehead atoms. The number of likely N-dealkylation sites (N-methyl/N-ethyl adjacent to an activating group) is 1. The van der Waals surface area contributed by atoms with Crippen molar-refractivity contribution in [2.24, 2.45) is 17.3 Å². The van der Waals surface area contributed by atoms with Gasteiger partial charge in [-0.05, 0) is 52.5 Å². The highest BCUT2D eigenvalue weighted by molar-refractivity contribution is 7.13. The molecule has 0 aromatic heterocycles. The minimum absolute atomic E-state index is 0.0399. The first-order valence-corrected chi connectivity index (χ1v) is 11.7. The highest BCUT2D eigenvalue weighted by Gasteiger charge is 2.58. The first-order chi connectivity index (χ1) is 14.1. The van der Waals surface area contributed by atoms with E-state index in [4.69, 9.17) is 0 Å². The molecule has 30 heavy (non-hydrogen) atoms. The number of carbonyl (C=O) groups is 3. The van der Waals surface area contributed by atoms with Crippen LogP contribution in [0, 0.1) is 17.3 Å². The van der Waals surface area contributed by atoms with Crippen molar-refractivity contribution in [3.05, 3.63) is 12.2 Å². The minimum atomic E-state index is -0.548. The summed E-state index contributed by atoms with van der Waals surface area (Å²) in [7, 11) is 4.37. The molecule has 170 valence electrons. The number of Topliss-reactive ketones (excluding diaryl/α,β-unsaturated/α-hetero) is 3. The molecule has 2 aliphatic rings. The predicted octanol–water partition coefficient (Wildman–Crippen LogP) is 2.70. The van der Waals surface area contributed by atoms with Crippen LogP contribution in [0.2, 0.25) is 0 Å². The third-order valence-corrected chi connectivity index (χ3v) is 7.62. The molecular weight excluding hydrogens is 399 g/mol. The van der Waals surface area contributed by atoms with Crippen molar-refractivity contribution in [2.75, 3.05) is 13.6 Å². The zero-order valence-electron chi connectivity index (χ0n) is 18.9. The third kappa shape index (κ3) is 6.06. The van der Waals surface area contributed by atoms with Gasteiger partial charge in [-0.1, -0.05) is 41.3 Å². The smallest absolute Gasteiger partial charge is 0.151 e. The highest BCUT2D eigenvalue weighted by Crippen LogP contribution is 2.57. The lowest BCUT2D eigenvalue weighted by Gasteiger charge is -2.23. The number of ketones is 3. The lowest BCUT2D eigenvalue weighted by molar-refractivity contribution is -0.130. The molecule has 2 N–H and O–H groups in total. The molecule has 7 heteroatoms. The van der Waals surface area contributed by atoms with Crippen molar-refractivity contribution in [3.8, 4) is 0 Å². The number of rotatable bonds is 13. The van der Waals surface area contributed by atoms with E-state index in [1.54, 1.807) is 13.8 Å². The molecular formula is C23H39N2O4P. The van der Waals surface area contributed by atoms with Gasteiger partial charge in [0, 0.05) is 24.3 Å². The van der Waals surface area contributed by atoms with Crippen LogP contribution in [0.25, 0.3) is 0 Å². The van der Waals surface area contributed by atoms with E-state index in [2.05, 4.69) is 26.9 Å². The highest BCUT2D eigenvalue weighted by atomic mass is 31.0. The summed E-state index contributed by atoms with van der Waals surface area (Å²) in [4.78, 5) is 36.7. The van der Waals surface area contributed by atoms with Crippen LogP contribution in [0.1, 0.15) is 65.7 Å². The number of hydrogen-bond donors (Lipinski definition) is 2. The van der Waals surface area contributed by atoms with E-state index >= 15 is 0 Å². The first kappa shape index (κ1) is 25.3. The van der Waals surface area contributed by atoms with Gasteiger partial charge in [0.1, 0.15) is 11.6 Å². The average molecular weight is 439 g/mol. The molecule has 0 spiro atoms. The van der Waals surface area contributed by atoms with E-state index in [0.717, 1.165) is 38.5 Å². The van der Waals surface area contributed by atoms with Crippen LogP contribution in [0.15, 0.2) is 12.2 Å². The van der Waals surface area contributed by atoms with E-state index < -0.39 is 11.5 Å². The maximum Gasteiger partial charge on any atom is 0.151 e. The maximum atomic E-state index is 12.9. The quantitative estimate of drug-likeness (QED) is 0.261. The van der Waals surface area contributed by atoms with E-state index in [0.29, 0.717) is 6.54 Å². The second-order valence-electron chi connectivity index (χ2n) is 9.25. The Bertz CT molecular complexity index is 668. The van der Waals surface area contributed by atoms with Crippen LogP contribution in [0.5, 0.6) is 0 Å². The Morgan fingerprint density at radius 3 is 2.50 bits per heavy atom. The molecule has 6 nitrogen and oxygen atoms in total. The number of aliphatic hydroxyl groups is 1. The number of nitrogens with zero attached hydrogens (tertiary/aromatic N) is 1. The van der Waals surface area contributed by atoms with Crippen LogP contribution in [-0.2, 0) is 14.4 Å². The fourth-order valence-electron chi connectivity index (χ4n) is 4.82. The van der Waals surface area contributed by atoms with Crippen molar-refractivity contribution in [3.63, 3.8) is 0 Å². The van der Waals surface area contributed by atoms with Crippen LogP contribution in [-0.4, -0.2) is 58.9 Å².